The van der Waals surface area contributed by atoms with Gasteiger partial charge < -0.3 is 15.5 Å². The van der Waals surface area contributed by atoms with Gasteiger partial charge in [0.1, 0.15) is 0 Å². The Morgan fingerprint density at radius 3 is 2.44 bits per heavy atom. The van der Waals surface area contributed by atoms with Crippen molar-refractivity contribution in [3.8, 4) is 0 Å². The van der Waals surface area contributed by atoms with Crippen molar-refractivity contribution in [1.29, 1.82) is 0 Å². The van der Waals surface area contributed by atoms with Crippen LogP contribution in [0.25, 0.3) is 0 Å². The van der Waals surface area contributed by atoms with E-state index < -0.39 is 11.8 Å². The largest absolute Gasteiger partial charge is 0.367 e. The van der Waals surface area contributed by atoms with Gasteiger partial charge >= 0.3 is 11.8 Å². The van der Waals surface area contributed by atoms with E-state index >= 15 is 0 Å². The lowest BCUT2D eigenvalue weighted by Crippen LogP contribution is -2.36. The summed E-state index contributed by atoms with van der Waals surface area (Å²) in [6.07, 6.45) is 1.74. The van der Waals surface area contributed by atoms with Gasteiger partial charge in [-0.05, 0) is 72.7 Å². The van der Waals surface area contributed by atoms with E-state index in [1.165, 1.54) is 16.8 Å². The topological polar surface area (TPSA) is 61.4 Å². The lowest BCUT2D eigenvalue weighted by atomic mass is 9.99. The van der Waals surface area contributed by atoms with Crippen LogP contribution in [-0.2, 0) is 29.0 Å². The summed E-state index contributed by atoms with van der Waals surface area (Å²) < 4.78 is 0. The van der Waals surface area contributed by atoms with Crippen LogP contribution in [0, 0.1) is 13.8 Å². The standard InChI is InChI=1S/C27H29N3O2/c1-19-7-8-20(2)25(17-19)29-27(32)26(31)28-15-13-21-9-11-24(12-10-21)30-16-14-22-5-3-4-6-23(22)18-30/h3-12,17H,13-16,18H2,1-2H3,(H,28,31)(H,29,32). The smallest absolute Gasteiger partial charge is 0.313 e. The SMILES string of the molecule is Cc1ccc(C)c(NC(=O)C(=O)NCCc2ccc(N3CCc4ccccc4C3)cc2)c1. The third kappa shape index (κ3) is 5.17. The molecule has 5 nitrogen and oxygen atoms in total. The fourth-order valence-corrected chi connectivity index (χ4v) is 4.04. The molecule has 2 N–H and O–H groups in total. The molecule has 0 saturated carbocycles. The van der Waals surface area contributed by atoms with Crippen molar-refractivity contribution in [3.63, 3.8) is 0 Å². The van der Waals surface area contributed by atoms with Gasteiger partial charge in [-0.3, -0.25) is 9.59 Å². The molecule has 4 rings (SSSR count). The van der Waals surface area contributed by atoms with Crippen molar-refractivity contribution in [2.75, 3.05) is 23.3 Å². The van der Waals surface area contributed by atoms with E-state index in [-0.39, 0.29) is 0 Å². The van der Waals surface area contributed by atoms with Crippen molar-refractivity contribution >= 4 is 23.2 Å². The number of hydrogen-bond donors (Lipinski definition) is 2. The number of aryl methyl sites for hydroxylation is 2. The summed E-state index contributed by atoms with van der Waals surface area (Å²) in [5.41, 5.74) is 7.79. The molecule has 0 aromatic heterocycles. The van der Waals surface area contributed by atoms with E-state index in [0.29, 0.717) is 18.7 Å². The molecule has 3 aromatic rings. The zero-order valence-corrected chi connectivity index (χ0v) is 18.7. The summed E-state index contributed by atoms with van der Waals surface area (Å²) >= 11 is 0. The Morgan fingerprint density at radius 1 is 0.906 bits per heavy atom. The van der Waals surface area contributed by atoms with Crippen molar-refractivity contribution < 1.29 is 9.59 Å². The third-order valence-corrected chi connectivity index (χ3v) is 5.98. The number of nitrogens with zero attached hydrogens (tertiary/aromatic N) is 1. The quantitative estimate of drug-likeness (QED) is 0.601. The van der Waals surface area contributed by atoms with E-state index in [9.17, 15) is 9.59 Å². The molecule has 1 heterocycles. The summed E-state index contributed by atoms with van der Waals surface area (Å²) in [7, 11) is 0. The maximum atomic E-state index is 12.2. The van der Waals surface area contributed by atoms with Gasteiger partial charge in [0.15, 0.2) is 0 Å². The molecule has 1 aliphatic heterocycles. The monoisotopic (exact) mass is 427 g/mol. The van der Waals surface area contributed by atoms with Crippen molar-refractivity contribution in [2.45, 2.75) is 33.2 Å². The minimum atomic E-state index is -0.639. The van der Waals surface area contributed by atoms with Gasteiger partial charge in [-0.25, -0.2) is 0 Å². The van der Waals surface area contributed by atoms with Crippen LogP contribution in [0.2, 0.25) is 0 Å². The van der Waals surface area contributed by atoms with Crippen LogP contribution in [0.5, 0.6) is 0 Å². The zero-order chi connectivity index (χ0) is 22.5. The van der Waals surface area contributed by atoms with Crippen LogP contribution in [0.15, 0.2) is 66.7 Å². The molecule has 0 fully saturated rings. The fraction of sp³-hybridized carbons (Fsp3) is 0.259. The molecule has 0 radical (unpaired) electrons. The number of fused-ring (bicyclic) bond motifs is 1. The molecule has 0 aliphatic carbocycles. The van der Waals surface area contributed by atoms with Gasteiger partial charge in [-0.1, -0.05) is 48.5 Å². The molecular weight excluding hydrogens is 398 g/mol. The number of anilines is 2. The first-order valence-corrected chi connectivity index (χ1v) is 11.1. The molecule has 1 aliphatic rings. The summed E-state index contributed by atoms with van der Waals surface area (Å²) in [5, 5.41) is 5.41. The lowest BCUT2D eigenvalue weighted by Gasteiger charge is -2.30. The maximum Gasteiger partial charge on any atom is 0.313 e. The highest BCUT2D eigenvalue weighted by molar-refractivity contribution is 6.39. The number of nitrogens with one attached hydrogen (secondary N) is 2. The Bertz CT molecular complexity index is 1120. The normalized spacial score (nSPS) is 12.8. The molecule has 5 heteroatoms. The van der Waals surface area contributed by atoms with Crippen LogP contribution in [-0.4, -0.2) is 24.9 Å². The maximum absolute atomic E-state index is 12.2. The average Bonchev–Trinajstić information content (AvgIpc) is 2.81. The van der Waals surface area contributed by atoms with E-state index in [4.69, 9.17) is 0 Å². The lowest BCUT2D eigenvalue weighted by molar-refractivity contribution is -0.136. The number of carbonyl (C=O) groups is 2. The summed E-state index contributed by atoms with van der Waals surface area (Å²) in [5.74, 6) is -1.26. The number of hydrogen-bond acceptors (Lipinski definition) is 3. The Morgan fingerprint density at radius 2 is 1.66 bits per heavy atom. The zero-order valence-electron chi connectivity index (χ0n) is 18.7. The van der Waals surface area contributed by atoms with Gasteiger partial charge in [0.05, 0.1) is 0 Å². The molecule has 3 aromatic carbocycles. The summed E-state index contributed by atoms with van der Waals surface area (Å²) in [4.78, 5) is 26.8. The molecule has 0 saturated heterocycles. The van der Waals surface area contributed by atoms with Crippen LogP contribution < -0.4 is 15.5 Å². The first-order chi connectivity index (χ1) is 15.5. The van der Waals surface area contributed by atoms with E-state index in [0.717, 1.165) is 36.2 Å². The predicted octanol–water partition coefficient (Wildman–Crippen LogP) is 4.16. The molecule has 2 amide bonds. The third-order valence-electron chi connectivity index (χ3n) is 5.98. The Kier molecular flexibility index (Phi) is 6.55. The second-order valence-corrected chi connectivity index (χ2v) is 8.39. The number of benzene rings is 3. The second kappa shape index (κ2) is 9.69. The van der Waals surface area contributed by atoms with Gasteiger partial charge in [0.2, 0.25) is 0 Å². The summed E-state index contributed by atoms with van der Waals surface area (Å²) in [6.45, 7) is 6.21. The van der Waals surface area contributed by atoms with Crippen molar-refractivity contribution in [3.05, 3.63) is 94.5 Å². The first kappa shape index (κ1) is 21.6. The van der Waals surface area contributed by atoms with Gasteiger partial charge in [-0.2, -0.15) is 0 Å². The average molecular weight is 428 g/mol. The minimum absolute atomic E-state index is 0.412. The van der Waals surface area contributed by atoms with E-state index in [1.807, 2.05) is 32.0 Å². The van der Waals surface area contributed by atoms with Gasteiger partial charge in [0, 0.05) is 31.0 Å². The van der Waals surface area contributed by atoms with Crippen LogP contribution in [0.4, 0.5) is 11.4 Å². The van der Waals surface area contributed by atoms with Gasteiger partial charge in [0.25, 0.3) is 0 Å². The van der Waals surface area contributed by atoms with E-state index in [2.05, 4.69) is 64.1 Å². The first-order valence-electron chi connectivity index (χ1n) is 11.1. The van der Waals surface area contributed by atoms with Crippen LogP contribution >= 0.6 is 0 Å². The second-order valence-electron chi connectivity index (χ2n) is 8.39. The highest BCUT2D eigenvalue weighted by atomic mass is 16.2. The molecule has 32 heavy (non-hydrogen) atoms. The Balaban J connectivity index is 1.26. The van der Waals surface area contributed by atoms with Crippen LogP contribution in [0.1, 0.15) is 27.8 Å². The van der Waals surface area contributed by atoms with Crippen molar-refractivity contribution in [2.24, 2.45) is 0 Å². The molecule has 0 atom stereocenters. The highest BCUT2D eigenvalue weighted by Crippen LogP contribution is 2.24. The predicted molar refractivity (Wildman–Crippen MR) is 129 cm³/mol. The number of carbonyl (C=O) groups excluding carboxylic acids is 2. The fourth-order valence-electron chi connectivity index (χ4n) is 4.04. The van der Waals surface area contributed by atoms with Gasteiger partial charge in [-0.15, -0.1) is 0 Å². The highest BCUT2D eigenvalue weighted by Gasteiger charge is 2.16. The number of rotatable bonds is 5. The molecular formula is C27H29N3O2. The molecule has 0 unspecified atom stereocenters. The van der Waals surface area contributed by atoms with Crippen molar-refractivity contribution in [1.82, 2.24) is 5.32 Å². The molecule has 164 valence electrons. The minimum Gasteiger partial charge on any atom is -0.367 e. The van der Waals surface area contributed by atoms with E-state index in [1.54, 1.807) is 0 Å². The molecule has 0 bridgehead atoms. The van der Waals surface area contributed by atoms with Crippen LogP contribution in [0.3, 0.4) is 0 Å². The Hall–Kier alpha value is -3.60. The molecule has 0 spiro atoms. The Labute approximate surface area is 189 Å². The summed E-state index contributed by atoms with van der Waals surface area (Å²) in [6, 6.07) is 22.9. The number of amides is 2.